The Morgan fingerprint density at radius 1 is 1.06 bits per heavy atom. The first kappa shape index (κ1) is 21.8. The molecule has 0 aliphatic rings. The normalized spacial score (nSPS) is 10.3. The van der Waals surface area contributed by atoms with Gasteiger partial charge in [-0.25, -0.2) is 9.97 Å². The lowest BCUT2D eigenvalue weighted by atomic mass is 10.0. The number of ketones is 1. The highest BCUT2D eigenvalue weighted by molar-refractivity contribution is 5.92. The van der Waals surface area contributed by atoms with Crippen molar-refractivity contribution >= 4 is 28.9 Å². The summed E-state index contributed by atoms with van der Waals surface area (Å²) in [7, 11) is 3.10. The summed E-state index contributed by atoms with van der Waals surface area (Å²) in [4.78, 5) is 25.0. The highest BCUT2D eigenvalue weighted by atomic mass is 16.5. The summed E-state index contributed by atoms with van der Waals surface area (Å²) < 4.78 is 10.5. The lowest BCUT2D eigenvalue weighted by Crippen LogP contribution is -2.07. The molecule has 0 unspecified atom stereocenters. The van der Waals surface area contributed by atoms with E-state index in [2.05, 4.69) is 32.2 Å². The van der Waals surface area contributed by atoms with Gasteiger partial charge in [0.2, 0.25) is 11.8 Å². The van der Waals surface area contributed by atoms with Gasteiger partial charge in [0.05, 0.1) is 26.1 Å². The number of hydrogen-bond acceptors (Lipinski definition) is 8. The lowest BCUT2D eigenvalue weighted by Gasteiger charge is -2.15. The van der Waals surface area contributed by atoms with E-state index < -0.39 is 0 Å². The third kappa shape index (κ3) is 5.36. The van der Waals surface area contributed by atoms with E-state index in [0.717, 1.165) is 22.4 Å². The number of aryl methyl sites for hydroxylation is 2. The molecular formula is C23H25N5O3. The molecule has 0 amide bonds. The van der Waals surface area contributed by atoms with Gasteiger partial charge in [-0.2, -0.15) is 4.98 Å². The Kier molecular flexibility index (Phi) is 6.81. The van der Waals surface area contributed by atoms with E-state index in [9.17, 15) is 4.79 Å². The van der Waals surface area contributed by atoms with Crippen molar-refractivity contribution in [3.63, 3.8) is 0 Å². The number of ether oxygens (including phenoxy) is 2. The number of hydrogen-bond donors (Lipinski definition) is 2. The van der Waals surface area contributed by atoms with E-state index in [0.29, 0.717) is 29.1 Å². The molecular weight excluding hydrogens is 394 g/mol. The standard InChI is InChI=1S/C23H25N5O3/c1-6-17(29)10-16-9-14(2)7-8-18(16)26-22-15(3)12-25-23(28-22)27-19-11-21(31-5)24-13-20(19)30-4/h6-9,11-13H,1,10H2,2-5H3,(H2,24,25,26,27,28). The van der Waals surface area contributed by atoms with Gasteiger partial charge in [0.1, 0.15) is 5.82 Å². The van der Waals surface area contributed by atoms with Gasteiger partial charge in [0.15, 0.2) is 11.5 Å². The zero-order chi connectivity index (χ0) is 22.4. The molecule has 1 aromatic carbocycles. The Hall–Kier alpha value is -3.94. The minimum Gasteiger partial charge on any atom is -0.493 e. The Balaban J connectivity index is 1.91. The monoisotopic (exact) mass is 419 g/mol. The van der Waals surface area contributed by atoms with Crippen molar-refractivity contribution in [1.29, 1.82) is 0 Å². The van der Waals surface area contributed by atoms with Gasteiger partial charge in [0.25, 0.3) is 0 Å². The molecule has 160 valence electrons. The molecule has 2 aromatic heterocycles. The SMILES string of the molecule is C=CC(=O)Cc1cc(C)ccc1Nc1nc(Nc2cc(OC)ncc2OC)ncc1C. The maximum atomic E-state index is 11.9. The van der Waals surface area contributed by atoms with E-state index >= 15 is 0 Å². The predicted octanol–water partition coefficient (Wildman–Crippen LogP) is 4.29. The largest absolute Gasteiger partial charge is 0.493 e. The van der Waals surface area contributed by atoms with Crippen LogP contribution in [0.3, 0.4) is 0 Å². The molecule has 8 nitrogen and oxygen atoms in total. The summed E-state index contributed by atoms with van der Waals surface area (Å²) in [5.74, 6) is 1.91. The molecule has 0 fully saturated rings. The number of carbonyl (C=O) groups is 1. The third-order valence-electron chi connectivity index (χ3n) is 4.60. The van der Waals surface area contributed by atoms with Crippen LogP contribution in [0.5, 0.6) is 11.6 Å². The number of nitrogens with one attached hydrogen (secondary N) is 2. The van der Waals surface area contributed by atoms with Crippen LogP contribution in [-0.4, -0.2) is 35.0 Å². The van der Waals surface area contributed by atoms with Gasteiger partial charge in [-0.1, -0.05) is 24.3 Å². The second kappa shape index (κ2) is 9.71. The summed E-state index contributed by atoms with van der Waals surface area (Å²) >= 11 is 0. The summed E-state index contributed by atoms with van der Waals surface area (Å²) in [5.41, 5.74) is 4.22. The number of anilines is 4. The molecule has 0 saturated heterocycles. The number of nitrogens with zero attached hydrogens (tertiary/aromatic N) is 3. The summed E-state index contributed by atoms with van der Waals surface area (Å²) in [6.07, 6.45) is 4.87. The summed E-state index contributed by atoms with van der Waals surface area (Å²) in [6, 6.07) is 7.60. The minimum absolute atomic E-state index is 0.0471. The number of methoxy groups -OCH3 is 2. The van der Waals surface area contributed by atoms with Crippen molar-refractivity contribution < 1.29 is 14.3 Å². The molecule has 3 aromatic rings. The van der Waals surface area contributed by atoms with Crippen molar-refractivity contribution in [3.8, 4) is 11.6 Å². The molecule has 31 heavy (non-hydrogen) atoms. The fourth-order valence-corrected chi connectivity index (χ4v) is 2.92. The van der Waals surface area contributed by atoms with Crippen LogP contribution in [-0.2, 0) is 11.2 Å². The van der Waals surface area contributed by atoms with E-state index in [-0.39, 0.29) is 12.2 Å². The molecule has 3 rings (SSSR count). The maximum absolute atomic E-state index is 11.9. The van der Waals surface area contributed by atoms with Gasteiger partial charge in [-0.05, 0) is 31.6 Å². The number of rotatable bonds is 9. The fourth-order valence-electron chi connectivity index (χ4n) is 2.92. The van der Waals surface area contributed by atoms with Crippen LogP contribution >= 0.6 is 0 Å². The number of pyridine rings is 1. The highest BCUT2D eigenvalue weighted by Crippen LogP contribution is 2.30. The highest BCUT2D eigenvalue weighted by Gasteiger charge is 2.12. The molecule has 0 aliphatic carbocycles. The first-order valence-corrected chi connectivity index (χ1v) is 9.64. The summed E-state index contributed by atoms with van der Waals surface area (Å²) in [5, 5.41) is 6.47. The minimum atomic E-state index is -0.0471. The van der Waals surface area contributed by atoms with Crippen molar-refractivity contribution in [1.82, 2.24) is 15.0 Å². The number of benzene rings is 1. The van der Waals surface area contributed by atoms with Crippen molar-refractivity contribution in [2.24, 2.45) is 0 Å². The molecule has 0 atom stereocenters. The van der Waals surface area contributed by atoms with Crippen LogP contribution in [0.4, 0.5) is 23.1 Å². The molecule has 8 heteroatoms. The number of carbonyl (C=O) groups excluding carboxylic acids is 1. The Morgan fingerprint density at radius 2 is 1.87 bits per heavy atom. The quantitative estimate of drug-likeness (QED) is 0.496. The summed E-state index contributed by atoms with van der Waals surface area (Å²) in [6.45, 7) is 7.46. The average Bonchev–Trinajstić information content (AvgIpc) is 2.77. The fraction of sp³-hybridized carbons (Fsp3) is 0.217. The first-order valence-electron chi connectivity index (χ1n) is 9.64. The lowest BCUT2D eigenvalue weighted by molar-refractivity contribution is -0.114. The van der Waals surface area contributed by atoms with Gasteiger partial charge in [-0.15, -0.1) is 0 Å². The van der Waals surface area contributed by atoms with E-state index in [4.69, 9.17) is 9.47 Å². The van der Waals surface area contributed by atoms with E-state index in [1.165, 1.54) is 6.08 Å². The third-order valence-corrected chi connectivity index (χ3v) is 4.60. The van der Waals surface area contributed by atoms with Crippen molar-refractivity contribution in [3.05, 3.63) is 66.0 Å². The van der Waals surface area contributed by atoms with Gasteiger partial charge >= 0.3 is 0 Å². The Bertz CT molecular complexity index is 1110. The zero-order valence-corrected chi connectivity index (χ0v) is 18.0. The topological polar surface area (TPSA) is 98.3 Å². The van der Waals surface area contributed by atoms with E-state index in [1.54, 1.807) is 32.7 Å². The first-order chi connectivity index (χ1) is 14.9. The second-order valence-electron chi connectivity index (χ2n) is 6.91. The van der Waals surface area contributed by atoms with Crippen LogP contribution in [0.2, 0.25) is 0 Å². The number of aromatic nitrogens is 3. The second-order valence-corrected chi connectivity index (χ2v) is 6.91. The van der Waals surface area contributed by atoms with Crippen LogP contribution < -0.4 is 20.1 Å². The van der Waals surface area contributed by atoms with Gasteiger partial charge in [0, 0.05) is 29.9 Å². The van der Waals surface area contributed by atoms with Crippen LogP contribution in [0.1, 0.15) is 16.7 Å². The van der Waals surface area contributed by atoms with Crippen molar-refractivity contribution in [2.75, 3.05) is 24.9 Å². The Labute approximate surface area is 181 Å². The molecule has 2 N–H and O–H groups in total. The molecule has 2 heterocycles. The molecule has 0 radical (unpaired) electrons. The molecule has 0 bridgehead atoms. The average molecular weight is 419 g/mol. The molecule has 0 spiro atoms. The Morgan fingerprint density at radius 3 is 2.58 bits per heavy atom. The molecule has 0 saturated carbocycles. The van der Waals surface area contributed by atoms with Gasteiger partial charge < -0.3 is 20.1 Å². The van der Waals surface area contributed by atoms with Crippen LogP contribution in [0.15, 0.2) is 49.3 Å². The van der Waals surface area contributed by atoms with Crippen molar-refractivity contribution in [2.45, 2.75) is 20.3 Å². The van der Waals surface area contributed by atoms with Crippen LogP contribution in [0, 0.1) is 13.8 Å². The maximum Gasteiger partial charge on any atom is 0.229 e. The predicted molar refractivity (Wildman–Crippen MR) is 121 cm³/mol. The smallest absolute Gasteiger partial charge is 0.229 e. The molecule has 0 aliphatic heterocycles. The zero-order valence-electron chi connectivity index (χ0n) is 18.0. The van der Waals surface area contributed by atoms with E-state index in [1.807, 2.05) is 32.0 Å². The van der Waals surface area contributed by atoms with Gasteiger partial charge in [-0.3, -0.25) is 4.79 Å². The number of allylic oxidation sites excluding steroid dienone is 1. The van der Waals surface area contributed by atoms with Crippen LogP contribution in [0.25, 0.3) is 0 Å².